The number of carbonyl (C=O) groups excluding carboxylic acids is 2. The first kappa shape index (κ1) is 20.6. The molecule has 1 heterocycles. The summed E-state index contributed by atoms with van der Waals surface area (Å²) in [6.45, 7) is 6.70. The van der Waals surface area contributed by atoms with Gasteiger partial charge in [-0.1, -0.05) is 26.2 Å². The van der Waals surface area contributed by atoms with E-state index in [9.17, 15) is 9.59 Å². The van der Waals surface area contributed by atoms with Crippen LogP contribution in [-0.2, 0) is 16.1 Å². The fraction of sp³-hybridized carbons (Fsp3) is 0.579. The van der Waals surface area contributed by atoms with Crippen molar-refractivity contribution in [1.29, 1.82) is 0 Å². The number of hydrogen-bond acceptors (Lipinski definition) is 4. The maximum absolute atomic E-state index is 12.0. The van der Waals surface area contributed by atoms with Gasteiger partial charge in [-0.3, -0.25) is 4.79 Å². The van der Waals surface area contributed by atoms with Crippen molar-refractivity contribution in [3.63, 3.8) is 0 Å². The number of rotatable bonds is 10. The molecule has 1 aromatic rings. The van der Waals surface area contributed by atoms with Crippen LogP contribution in [0.15, 0.2) is 22.8 Å². The summed E-state index contributed by atoms with van der Waals surface area (Å²) in [4.78, 5) is 25.6. The van der Waals surface area contributed by atoms with Crippen molar-refractivity contribution < 1.29 is 20.2 Å². The van der Waals surface area contributed by atoms with Gasteiger partial charge in [0.05, 0.1) is 12.8 Å². The molecule has 0 aromatic carbocycles. The number of nitrogens with zero attached hydrogens (tertiary/aromatic N) is 1. The molecule has 0 spiro atoms. The molecule has 1 aromatic heterocycles. The van der Waals surface area contributed by atoms with E-state index in [4.69, 9.17) is 9.15 Å². The van der Waals surface area contributed by atoms with Gasteiger partial charge < -0.3 is 19.4 Å². The first-order chi connectivity index (χ1) is 12.1. The van der Waals surface area contributed by atoms with Crippen molar-refractivity contribution in [2.75, 3.05) is 13.1 Å². The van der Waals surface area contributed by atoms with Gasteiger partial charge >= 0.3 is 6.09 Å². The molecule has 0 fully saturated rings. The second-order valence-electron chi connectivity index (χ2n) is 5.61. The molecule has 1 N–H and O–H groups in total. The Bertz CT molecular complexity index is 578. The SMILES string of the molecule is CC#CC(CCCC)OC(=O)NCCN(Cc1ccco1)C(=O)CC.[HH]. The molecule has 0 radical (unpaired) electrons. The van der Waals surface area contributed by atoms with Crippen molar-refractivity contribution in [2.45, 2.75) is 59.1 Å². The van der Waals surface area contributed by atoms with Crippen molar-refractivity contribution in [1.82, 2.24) is 10.2 Å². The van der Waals surface area contributed by atoms with Crippen LogP contribution in [0.25, 0.3) is 0 Å². The zero-order valence-corrected chi connectivity index (χ0v) is 15.3. The fourth-order valence-corrected chi connectivity index (χ4v) is 2.28. The van der Waals surface area contributed by atoms with E-state index in [-0.39, 0.29) is 13.4 Å². The molecule has 25 heavy (non-hydrogen) atoms. The summed E-state index contributed by atoms with van der Waals surface area (Å²) in [7, 11) is 0. The normalized spacial score (nSPS) is 11.2. The lowest BCUT2D eigenvalue weighted by Crippen LogP contribution is -2.38. The summed E-state index contributed by atoms with van der Waals surface area (Å²) in [6, 6.07) is 3.60. The summed E-state index contributed by atoms with van der Waals surface area (Å²) < 4.78 is 10.6. The van der Waals surface area contributed by atoms with Gasteiger partial charge in [0.2, 0.25) is 5.91 Å². The van der Waals surface area contributed by atoms with E-state index in [0.29, 0.717) is 31.8 Å². The topological polar surface area (TPSA) is 71.8 Å². The van der Waals surface area contributed by atoms with Crippen molar-refractivity contribution >= 4 is 12.0 Å². The number of furan rings is 1. The predicted octanol–water partition coefficient (Wildman–Crippen LogP) is 3.57. The highest BCUT2D eigenvalue weighted by atomic mass is 16.6. The predicted molar refractivity (Wildman–Crippen MR) is 97.8 cm³/mol. The third-order valence-corrected chi connectivity index (χ3v) is 3.61. The van der Waals surface area contributed by atoms with Gasteiger partial charge in [-0.15, -0.1) is 5.92 Å². The average molecular weight is 350 g/mol. The molecule has 0 saturated carbocycles. The summed E-state index contributed by atoms with van der Waals surface area (Å²) in [5.41, 5.74) is 0. The fourth-order valence-electron chi connectivity index (χ4n) is 2.28. The van der Waals surface area contributed by atoms with Crippen LogP contribution >= 0.6 is 0 Å². The van der Waals surface area contributed by atoms with Gasteiger partial charge in [0.15, 0.2) is 6.10 Å². The molecule has 140 valence electrons. The van der Waals surface area contributed by atoms with Crippen molar-refractivity contribution in [3.8, 4) is 11.8 Å². The Morgan fingerprint density at radius 2 is 2.24 bits per heavy atom. The second kappa shape index (κ2) is 12.0. The number of alkyl carbamates (subject to hydrolysis) is 1. The molecular weight excluding hydrogens is 320 g/mol. The highest BCUT2D eigenvalue weighted by Crippen LogP contribution is 2.07. The smallest absolute Gasteiger partial charge is 0.408 e. The molecule has 1 atom stereocenters. The van der Waals surface area contributed by atoms with Crippen LogP contribution in [0.2, 0.25) is 0 Å². The average Bonchev–Trinajstić information content (AvgIpc) is 3.11. The van der Waals surface area contributed by atoms with E-state index in [0.717, 1.165) is 19.3 Å². The summed E-state index contributed by atoms with van der Waals surface area (Å²) in [5.74, 6) is 6.39. The molecule has 6 heteroatoms. The number of ether oxygens (including phenoxy) is 1. The molecule has 1 unspecified atom stereocenters. The lowest BCUT2D eigenvalue weighted by atomic mass is 10.2. The minimum atomic E-state index is -0.509. The molecule has 0 aliphatic rings. The third kappa shape index (κ3) is 8.30. The van der Waals surface area contributed by atoms with E-state index in [1.54, 1.807) is 31.1 Å². The summed E-state index contributed by atoms with van der Waals surface area (Å²) in [5, 5.41) is 2.68. The highest BCUT2D eigenvalue weighted by molar-refractivity contribution is 5.75. The number of hydrogen-bond donors (Lipinski definition) is 1. The Hall–Kier alpha value is -2.42. The number of unbranched alkanes of at least 4 members (excludes halogenated alkanes) is 1. The molecule has 0 saturated heterocycles. The van der Waals surface area contributed by atoms with Gasteiger partial charge in [0.1, 0.15) is 5.76 Å². The van der Waals surface area contributed by atoms with E-state index in [1.807, 2.05) is 6.07 Å². The summed E-state index contributed by atoms with van der Waals surface area (Å²) >= 11 is 0. The number of carbonyl (C=O) groups is 2. The Morgan fingerprint density at radius 1 is 1.44 bits per heavy atom. The van der Waals surface area contributed by atoms with Crippen LogP contribution in [0.3, 0.4) is 0 Å². The molecule has 2 amide bonds. The van der Waals surface area contributed by atoms with Gasteiger partial charge in [-0.05, 0) is 31.9 Å². The largest absolute Gasteiger partial charge is 0.467 e. The van der Waals surface area contributed by atoms with E-state index < -0.39 is 6.09 Å². The Labute approximate surface area is 151 Å². The minimum Gasteiger partial charge on any atom is -0.467 e. The van der Waals surface area contributed by atoms with Gasteiger partial charge in [0.25, 0.3) is 0 Å². The zero-order valence-electron chi connectivity index (χ0n) is 15.3. The molecule has 0 bridgehead atoms. The standard InChI is InChI=1S/C19H28N2O4.H2/c1-4-7-10-16(9-5-2)25-19(23)20-12-13-21(18(22)6-3)15-17-11-8-14-24-17;/h8,11,14,16H,4,6-7,10,12-13,15H2,1-3H3,(H,20,23);1H. The lowest BCUT2D eigenvalue weighted by Gasteiger charge is -2.21. The third-order valence-electron chi connectivity index (χ3n) is 3.61. The monoisotopic (exact) mass is 350 g/mol. The molecular formula is C19H30N2O4. The zero-order chi connectivity index (χ0) is 18.5. The van der Waals surface area contributed by atoms with E-state index >= 15 is 0 Å². The van der Waals surface area contributed by atoms with Crippen LogP contribution < -0.4 is 5.32 Å². The van der Waals surface area contributed by atoms with Crippen LogP contribution in [-0.4, -0.2) is 36.1 Å². The Balaban J connectivity index is 0.00000625. The molecule has 6 nitrogen and oxygen atoms in total. The van der Waals surface area contributed by atoms with Crippen LogP contribution in [0.4, 0.5) is 4.79 Å². The van der Waals surface area contributed by atoms with Crippen LogP contribution in [0.5, 0.6) is 0 Å². The van der Waals surface area contributed by atoms with E-state index in [1.165, 1.54) is 0 Å². The van der Waals surface area contributed by atoms with Crippen LogP contribution in [0.1, 0.15) is 53.6 Å². The van der Waals surface area contributed by atoms with Gasteiger partial charge in [-0.2, -0.15) is 0 Å². The Morgan fingerprint density at radius 3 is 2.84 bits per heavy atom. The first-order valence-electron chi connectivity index (χ1n) is 8.77. The minimum absolute atomic E-state index is 0. The van der Waals surface area contributed by atoms with Crippen molar-refractivity contribution in [2.24, 2.45) is 0 Å². The molecule has 0 aliphatic carbocycles. The lowest BCUT2D eigenvalue weighted by molar-refractivity contribution is -0.131. The highest BCUT2D eigenvalue weighted by Gasteiger charge is 2.15. The Kier molecular flexibility index (Phi) is 9.91. The molecule has 0 aliphatic heterocycles. The van der Waals surface area contributed by atoms with Gasteiger partial charge in [0, 0.05) is 20.9 Å². The quantitative estimate of drug-likeness (QED) is 0.655. The summed E-state index contributed by atoms with van der Waals surface area (Å²) in [6.07, 6.45) is 3.78. The van der Waals surface area contributed by atoms with Crippen LogP contribution in [0, 0.1) is 11.8 Å². The van der Waals surface area contributed by atoms with Gasteiger partial charge in [-0.25, -0.2) is 4.79 Å². The number of nitrogens with one attached hydrogen (secondary N) is 1. The number of amides is 2. The van der Waals surface area contributed by atoms with Crippen molar-refractivity contribution in [3.05, 3.63) is 24.2 Å². The maximum atomic E-state index is 12.0. The van der Waals surface area contributed by atoms with E-state index in [2.05, 4.69) is 24.1 Å². The second-order valence-corrected chi connectivity index (χ2v) is 5.61. The maximum Gasteiger partial charge on any atom is 0.408 e. The first-order valence-corrected chi connectivity index (χ1v) is 8.77. The molecule has 1 rings (SSSR count).